The number of rotatable bonds is 7. The first kappa shape index (κ1) is 19.4. The van der Waals surface area contributed by atoms with Gasteiger partial charge >= 0.3 is 0 Å². The summed E-state index contributed by atoms with van der Waals surface area (Å²) in [4.78, 5) is 4.96. The second kappa shape index (κ2) is 10.1. The van der Waals surface area contributed by atoms with Crippen LogP contribution in [-0.2, 0) is 16.6 Å². The molecule has 4 nitrogen and oxygen atoms in total. The zero-order valence-electron chi connectivity index (χ0n) is 16.3. The van der Waals surface area contributed by atoms with Gasteiger partial charge in [-0.15, -0.1) is 0 Å². The summed E-state index contributed by atoms with van der Waals surface area (Å²) in [6, 6.07) is 21.4. The molecule has 27 heavy (non-hydrogen) atoms. The van der Waals surface area contributed by atoms with Crippen molar-refractivity contribution in [3.05, 3.63) is 71.8 Å². The topological polar surface area (TPSA) is 45.7 Å². The number of nitrogens with one attached hydrogen (secondary N) is 2. The largest absolute Gasteiger partial charge is 0.381 e. The fourth-order valence-electron chi connectivity index (χ4n) is 3.63. The molecule has 3 rings (SSSR count). The van der Waals surface area contributed by atoms with Crippen LogP contribution in [0.5, 0.6) is 0 Å². The molecule has 144 valence electrons. The molecule has 1 fully saturated rings. The molecular formula is C23H31N3O. The first-order chi connectivity index (χ1) is 13.3. The van der Waals surface area contributed by atoms with Crippen LogP contribution < -0.4 is 10.6 Å². The highest BCUT2D eigenvalue weighted by atomic mass is 16.5. The lowest BCUT2D eigenvalue weighted by Gasteiger charge is -2.36. The summed E-state index contributed by atoms with van der Waals surface area (Å²) in [7, 11) is 0. The molecule has 0 aromatic heterocycles. The van der Waals surface area contributed by atoms with E-state index in [4.69, 9.17) is 9.73 Å². The molecule has 2 aromatic rings. The van der Waals surface area contributed by atoms with E-state index >= 15 is 0 Å². The van der Waals surface area contributed by atoms with E-state index in [2.05, 4.69) is 78.2 Å². The van der Waals surface area contributed by atoms with Crippen molar-refractivity contribution >= 4 is 5.96 Å². The maximum atomic E-state index is 5.63. The van der Waals surface area contributed by atoms with Gasteiger partial charge < -0.3 is 15.4 Å². The van der Waals surface area contributed by atoms with Gasteiger partial charge in [-0.25, -0.2) is 0 Å². The van der Waals surface area contributed by atoms with Crippen molar-refractivity contribution in [2.24, 2.45) is 4.99 Å². The highest BCUT2D eigenvalue weighted by Crippen LogP contribution is 2.35. The fraction of sp³-hybridized carbons (Fsp3) is 0.435. The van der Waals surface area contributed by atoms with Gasteiger partial charge in [0.25, 0.3) is 0 Å². The Morgan fingerprint density at radius 1 is 0.963 bits per heavy atom. The summed E-state index contributed by atoms with van der Waals surface area (Å²) in [5.74, 6) is 0.898. The number of aliphatic imine (C=N–C) groups is 1. The van der Waals surface area contributed by atoms with E-state index in [1.54, 1.807) is 0 Å². The van der Waals surface area contributed by atoms with Gasteiger partial charge in [-0.2, -0.15) is 0 Å². The Morgan fingerprint density at radius 2 is 1.63 bits per heavy atom. The Hall–Kier alpha value is -2.33. The zero-order chi connectivity index (χ0) is 18.8. The minimum atomic E-state index is 0.0707. The summed E-state index contributed by atoms with van der Waals surface area (Å²) in [6.45, 7) is 6.23. The summed E-state index contributed by atoms with van der Waals surface area (Å²) >= 11 is 0. The monoisotopic (exact) mass is 365 g/mol. The zero-order valence-corrected chi connectivity index (χ0v) is 16.3. The molecule has 1 heterocycles. The number of guanidine groups is 1. The molecule has 0 amide bonds. The van der Waals surface area contributed by atoms with E-state index in [9.17, 15) is 0 Å². The molecule has 0 bridgehead atoms. The first-order valence-corrected chi connectivity index (χ1v) is 10.0. The third-order valence-corrected chi connectivity index (χ3v) is 5.27. The average Bonchev–Trinajstić information content (AvgIpc) is 2.74. The molecule has 2 N–H and O–H groups in total. The first-order valence-electron chi connectivity index (χ1n) is 10.0. The van der Waals surface area contributed by atoms with Crippen LogP contribution in [0.25, 0.3) is 0 Å². The lowest BCUT2D eigenvalue weighted by Crippen LogP contribution is -2.41. The van der Waals surface area contributed by atoms with Gasteiger partial charge in [0.1, 0.15) is 0 Å². The van der Waals surface area contributed by atoms with Crippen molar-refractivity contribution in [1.29, 1.82) is 0 Å². The van der Waals surface area contributed by atoms with Gasteiger partial charge in [-0.05, 0) is 37.3 Å². The van der Waals surface area contributed by atoms with Crippen LogP contribution in [0.2, 0.25) is 0 Å². The van der Waals surface area contributed by atoms with Crippen LogP contribution >= 0.6 is 0 Å². The van der Waals surface area contributed by atoms with Crippen LogP contribution in [0, 0.1) is 0 Å². The predicted octanol–water partition coefficient (Wildman–Crippen LogP) is 3.53. The van der Waals surface area contributed by atoms with Crippen molar-refractivity contribution < 1.29 is 4.74 Å². The van der Waals surface area contributed by atoms with Gasteiger partial charge in [-0.3, -0.25) is 4.99 Å². The molecule has 1 saturated heterocycles. The highest BCUT2D eigenvalue weighted by molar-refractivity contribution is 5.79. The Morgan fingerprint density at radius 3 is 2.30 bits per heavy atom. The van der Waals surface area contributed by atoms with Crippen molar-refractivity contribution in [2.45, 2.75) is 31.6 Å². The highest BCUT2D eigenvalue weighted by Gasteiger charge is 2.34. The average molecular weight is 366 g/mol. The fourth-order valence-corrected chi connectivity index (χ4v) is 3.63. The van der Waals surface area contributed by atoms with E-state index in [1.807, 2.05) is 0 Å². The Bertz CT molecular complexity index is 694. The maximum absolute atomic E-state index is 5.63. The molecule has 4 heteroatoms. The molecule has 0 spiro atoms. The van der Waals surface area contributed by atoms with E-state index in [-0.39, 0.29) is 5.41 Å². The van der Waals surface area contributed by atoms with Crippen LogP contribution in [0.1, 0.15) is 30.9 Å². The lowest BCUT2D eigenvalue weighted by atomic mass is 9.74. The van der Waals surface area contributed by atoms with E-state index in [0.29, 0.717) is 0 Å². The van der Waals surface area contributed by atoms with Gasteiger partial charge in [0.15, 0.2) is 5.96 Å². The Balaban J connectivity index is 1.66. The van der Waals surface area contributed by atoms with Crippen molar-refractivity contribution in [2.75, 3.05) is 32.8 Å². The standard InChI is InChI=1S/C23H31N3O/c1-2-24-22(25-16-13-20-9-5-3-6-10-20)26-19-23(14-17-27-18-15-23)21-11-7-4-8-12-21/h3-12H,2,13-19H2,1H3,(H2,24,25,26). The molecule has 0 unspecified atom stereocenters. The third kappa shape index (κ3) is 5.57. The maximum Gasteiger partial charge on any atom is 0.191 e. The van der Waals surface area contributed by atoms with E-state index in [1.165, 1.54) is 11.1 Å². The third-order valence-electron chi connectivity index (χ3n) is 5.27. The Kier molecular flexibility index (Phi) is 7.28. The second-order valence-corrected chi connectivity index (χ2v) is 7.12. The van der Waals surface area contributed by atoms with Gasteiger partial charge in [0.05, 0.1) is 6.54 Å². The quantitative estimate of drug-likeness (QED) is 0.583. The van der Waals surface area contributed by atoms with Crippen LogP contribution in [0.15, 0.2) is 65.7 Å². The molecule has 0 radical (unpaired) electrons. The normalized spacial score (nSPS) is 16.7. The lowest BCUT2D eigenvalue weighted by molar-refractivity contribution is 0.0531. The molecule has 0 saturated carbocycles. The molecule has 2 aromatic carbocycles. The van der Waals surface area contributed by atoms with Gasteiger partial charge in [0.2, 0.25) is 0 Å². The summed E-state index contributed by atoms with van der Waals surface area (Å²) in [5.41, 5.74) is 2.78. The van der Waals surface area contributed by atoms with E-state index in [0.717, 1.165) is 58.1 Å². The molecular weight excluding hydrogens is 334 g/mol. The molecule has 1 aliphatic heterocycles. The second-order valence-electron chi connectivity index (χ2n) is 7.12. The SMILES string of the molecule is CCNC(=NCC1(c2ccccc2)CCOCC1)NCCc1ccccc1. The predicted molar refractivity (Wildman–Crippen MR) is 112 cm³/mol. The minimum Gasteiger partial charge on any atom is -0.381 e. The molecule has 0 aliphatic carbocycles. The summed E-state index contributed by atoms with van der Waals surface area (Å²) in [5, 5.41) is 6.87. The van der Waals surface area contributed by atoms with Crippen LogP contribution in [0.4, 0.5) is 0 Å². The number of nitrogens with zero attached hydrogens (tertiary/aromatic N) is 1. The number of ether oxygens (including phenoxy) is 1. The van der Waals surface area contributed by atoms with Crippen molar-refractivity contribution in [3.63, 3.8) is 0 Å². The summed E-state index contributed by atoms with van der Waals surface area (Å²) in [6.07, 6.45) is 3.02. The molecule has 0 atom stereocenters. The summed E-state index contributed by atoms with van der Waals surface area (Å²) < 4.78 is 5.63. The smallest absolute Gasteiger partial charge is 0.191 e. The molecule has 1 aliphatic rings. The number of hydrogen-bond acceptors (Lipinski definition) is 2. The minimum absolute atomic E-state index is 0.0707. The van der Waals surface area contributed by atoms with Gasteiger partial charge in [0, 0.05) is 31.7 Å². The Labute approximate surface area is 163 Å². The van der Waals surface area contributed by atoms with Crippen molar-refractivity contribution in [1.82, 2.24) is 10.6 Å². The van der Waals surface area contributed by atoms with Gasteiger partial charge in [-0.1, -0.05) is 60.7 Å². The van der Waals surface area contributed by atoms with Crippen LogP contribution in [-0.4, -0.2) is 38.8 Å². The van der Waals surface area contributed by atoms with Crippen LogP contribution in [0.3, 0.4) is 0 Å². The van der Waals surface area contributed by atoms with Crippen molar-refractivity contribution in [3.8, 4) is 0 Å². The van der Waals surface area contributed by atoms with E-state index < -0.39 is 0 Å². The number of benzene rings is 2. The number of hydrogen-bond donors (Lipinski definition) is 2.